The van der Waals surface area contributed by atoms with Crippen LogP contribution in [0.4, 0.5) is 5.69 Å². The number of aliphatic hydroxyl groups excluding tert-OH is 1. The van der Waals surface area contributed by atoms with E-state index in [1.165, 1.54) is 12.1 Å². The maximum Gasteiger partial charge on any atom is 0.310 e. The van der Waals surface area contributed by atoms with Crippen LogP contribution in [0.2, 0.25) is 0 Å². The first-order chi connectivity index (χ1) is 9.65. The molecule has 0 heterocycles. The molecule has 0 aliphatic carbocycles. The smallest absolute Gasteiger partial charge is 0.310 e. The molecule has 0 aliphatic heterocycles. The number of nitro groups is 1. The number of para-hydroxylation sites is 2. The van der Waals surface area contributed by atoms with Crippen LogP contribution in [0.5, 0.6) is 5.75 Å². The summed E-state index contributed by atoms with van der Waals surface area (Å²) < 4.78 is 5.30. The van der Waals surface area contributed by atoms with Gasteiger partial charge >= 0.3 is 5.69 Å². The molecule has 0 spiro atoms. The fourth-order valence-corrected chi connectivity index (χ4v) is 2.11. The maximum atomic E-state index is 10.8. The summed E-state index contributed by atoms with van der Waals surface area (Å²) in [6, 6.07) is 6.14. The van der Waals surface area contributed by atoms with Crippen molar-refractivity contribution in [2.24, 2.45) is 0 Å². The lowest BCUT2D eigenvalue weighted by molar-refractivity contribution is -0.385. The highest BCUT2D eigenvalue weighted by Crippen LogP contribution is 2.25. The summed E-state index contributed by atoms with van der Waals surface area (Å²) in [5, 5.41) is 23.6. The number of hydrogen-bond donors (Lipinski definition) is 2. The molecule has 2 N–H and O–H groups in total. The fraction of sp³-hybridized carbons (Fsp3) is 0.538. The Bertz CT molecular complexity index is 417. The first kappa shape index (κ1) is 16.7. The highest BCUT2D eigenvalue weighted by molar-refractivity contribution is 7.99. The van der Waals surface area contributed by atoms with Gasteiger partial charge < -0.3 is 15.2 Å². The van der Waals surface area contributed by atoms with Crippen LogP contribution in [0.1, 0.15) is 6.92 Å². The number of aliphatic hydroxyl groups is 1. The number of hydrogen-bond acceptors (Lipinski definition) is 6. The molecule has 0 radical (unpaired) electrons. The van der Waals surface area contributed by atoms with Crippen molar-refractivity contribution in [2.45, 2.75) is 13.0 Å². The molecule has 0 bridgehead atoms. The average molecular weight is 300 g/mol. The minimum Gasteiger partial charge on any atom is -0.484 e. The minimum absolute atomic E-state index is 0.0266. The lowest BCUT2D eigenvalue weighted by atomic mass is 10.3. The first-order valence-corrected chi connectivity index (χ1v) is 7.63. The number of nitrogens with one attached hydrogen (secondary N) is 1. The van der Waals surface area contributed by atoms with E-state index in [9.17, 15) is 15.2 Å². The second-order valence-corrected chi connectivity index (χ2v) is 5.48. The van der Waals surface area contributed by atoms with Crippen molar-refractivity contribution in [3.05, 3.63) is 34.4 Å². The molecule has 1 aromatic rings. The largest absolute Gasteiger partial charge is 0.484 e. The third-order valence-electron chi connectivity index (χ3n) is 2.50. The van der Waals surface area contributed by atoms with E-state index in [2.05, 4.69) is 12.2 Å². The molecule has 0 saturated heterocycles. The molecule has 0 aromatic heterocycles. The Labute approximate surface area is 122 Å². The normalized spacial score (nSPS) is 12.1. The molecule has 20 heavy (non-hydrogen) atoms. The monoisotopic (exact) mass is 300 g/mol. The molecule has 112 valence electrons. The van der Waals surface area contributed by atoms with E-state index in [1.807, 2.05) is 11.8 Å². The van der Waals surface area contributed by atoms with Crippen LogP contribution < -0.4 is 10.1 Å². The summed E-state index contributed by atoms with van der Waals surface area (Å²) in [5.74, 6) is 2.25. The van der Waals surface area contributed by atoms with Crippen LogP contribution in [-0.2, 0) is 0 Å². The van der Waals surface area contributed by atoms with Gasteiger partial charge in [0.1, 0.15) is 12.7 Å². The van der Waals surface area contributed by atoms with Gasteiger partial charge in [-0.2, -0.15) is 11.8 Å². The summed E-state index contributed by atoms with van der Waals surface area (Å²) in [4.78, 5) is 10.3. The molecule has 6 nitrogen and oxygen atoms in total. The van der Waals surface area contributed by atoms with E-state index < -0.39 is 11.0 Å². The summed E-state index contributed by atoms with van der Waals surface area (Å²) >= 11 is 1.82. The van der Waals surface area contributed by atoms with Crippen LogP contribution in [0.15, 0.2) is 24.3 Å². The molecule has 1 rings (SSSR count). The van der Waals surface area contributed by atoms with Gasteiger partial charge in [-0.1, -0.05) is 19.1 Å². The highest BCUT2D eigenvalue weighted by Gasteiger charge is 2.14. The Morgan fingerprint density at radius 3 is 2.95 bits per heavy atom. The van der Waals surface area contributed by atoms with Gasteiger partial charge in [0, 0.05) is 24.9 Å². The molecule has 1 atom stereocenters. The molecule has 0 aliphatic rings. The zero-order valence-electron chi connectivity index (χ0n) is 11.4. The SMILES string of the molecule is CCSCCNC[C@@H](O)COc1ccccc1[N+](=O)[O-]. The lowest BCUT2D eigenvalue weighted by Gasteiger charge is -2.13. The Kier molecular flexibility index (Phi) is 8.01. The third kappa shape index (κ3) is 6.23. The van der Waals surface area contributed by atoms with Gasteiger partial charge in [0.15, 0.2) is 5.75 Å². The molecular formula is C13H20N2O4S. The van der Waals surface area contributed by atoms with Crippen LogP contribution >= 0.6 is 11.8 Å². The zero-order chi connectivity index (χ0) is 14.8. The molecule has 0 amide bonds. The van der Waals surface area contributed by atoms with E-state index in [0.29, 0.717) is 6.54 Å². The Morgan fingerprint density at radius 1 is 1.50 bits per heavy atom. The molecule has 0 fully saturated rings. The van der Waals surface area contributed by atoms with Gasteiger partial charge in [-0.3, -0.25) is 10.1 Å². The van der Waals surface area contributed by atoms with Crippen molar-refractivity contribution in [3.8, 4) is 5.75 Å². The van der Waals surface area contributed by atoms with Crippen molar-refractivity contribution in [1.82, 2.24) is 5.32 Å². The second-order valence-electron chi connectivity index (χ2n) is 4.09. The summed E-state index contributed by atoms with van der Waals surface area (Å²) in [5.41, 5.74) is -0.0907. The number of nitro benzene ring substituents is 1. The first-order valence-electron chi connectivity index (χ1n) is 6.48. The van der Waals surface area contributed by atoms with Gasteiger partial charge in [0.2, 0.25) is 0 Å². The summed E-state index contributed by atoms with van der Waals surface area (Å²) in [6.45, 7) is 3.35. The Hall–Kier alpha value is -1.31. The van der Waals surface area contributed by atoms with Crippen molar-refractivity contribution < 1.29 is 14.8 Å². The van der Waals surface area contributed by atoms with Gasteiger partial charge in [-0.05, 0) is 11.8 Å². The Balaban J connectivity index is 2.30. The maximum absolute atomic E-state index is 10.8. The van der Waals surface area contributed by atoms with Crippen LogP contribution in [0, 0.1) is 10.1 Å². The number of thioether (sulfide) groups is 1. The molecule has 0 unspecified atom stereocenters. The molecule has 0 saturated carbocycles. The van der Waals surface area contributed by atoms with Crippen LogP contribution in [-0.4, -0.2) is 47.3 Å². The molecular weight excluding hydrogens is 280 g/mol. The van der Waals surface area contributed by atoms with E-state index >= 15 is 0 Å². The van der Waals surface area contributed by atoms with Gasteiger partial charge in [-0.25, -0.2) is 0 Å². The fourth-order valence-electron chi connectivity index (χ4n) is 1.53. The topological polar surface area (TPSA) is 84.6 Å². The highest BCUT2D eigenvalue weighted by atomic mass is 32.2. The van der Waals surface area contributed by atoms with Crippen molar-refractivity contribution in [3.63, 3.8) is 0 Å². The van der Waals surface area contributed by atoms with Gasteiger partial charge in [0.05, 0.1) is 4.92 Å². The predicted molar refractivity (Wildman–Crippen MR) is 80.5 cm³/mol. The lowest BCUT2D eigenvalue weighted by Crippen LogP contribution is -2.32. The van der Waals surface area contributed by atoms with E-state index in [0.717, 1.165) is 18.1 Å². The summed E-state index contributed by atoms with van der Waals surface area (Å²) in [7, 11) is 0. The van der Waals surface area contributed by atoms with Gasteiger partial charge in [-0.15, -0.1) is 0 Å². The third-order valence-corrected chi connectivity index (χ3v) is 3.40. The number of benzene rings is 1. The minimum atomic E-state index is -0.693. The quantitative estimate of drug-likeness (QED) is 0.388. The Morgan fingerprint density at radius 2 is 2.25 bits per heavy atom. The van der Waals surface area contributed by atoms with Crippen molar-refractivity contribution in [1.29, 1.82) is 0 Å². The number of rotatable bonds is 10. The average Bonchev–Trinajstić information content (AvgIpc) is 2.45. The van der Waals surface area contributed by atoms with Crippen molar-refractivity contribution in [2.75, 3.05) is 31.2 Å². The molecule has 7 heteroatoms. The second kappa shape index (κ2) is 9.57. The molecule has 1 aromatic carbocycles. The van der Waals surface area contributed by atoms with E-state index in [4.69, 9.17) is 4.74 Å². The van der Waals surface area contributed by atoms with E-state index in [-0.39, 0.29) is 18.0 Å². The number of nitrogens with zero attached hydrogens (tertiary/aromatic N) is 1. The van der Waals surface area contributed by atoms with E-state index in [1.54, 1.807) is 12.1 Å². The van der Waals surface area contributed by atoms with Crippen LogP contribution in [0.25, 0.3) is 0 Å². The van der Waals surface area contributed by atoms with Crippen LogP contribution in [0.3, 0.4) is 0 Å². The van der Waals surface area contributed by atoms with Crippen molar-refractivity contribution >= 4 is 17.4 Å². The standard InChI is InChI=1S/C13H20N2O4S/c1-2-20-8-7-14-9-11(16)10-19-13-6-4-3-5-12(13)15(17)18/h3-6,11,14,16H,2,7-10H2,1H3/t11-/m1/s1. The number of ether oxygens (including phenoxy) is 1. The zero-order valence-corrected chi connectivity index (χ0v) is 12.3. The van der Waals surface area contributed by atoms with Gasteiger partial charge in [0.25, 0.3) is 0 Å². The predicted octanol–water partition coefficient (Wildman–Crippen LogP) is 1.68. The summed E-state index contributed by atoms with van der Waals surface area (Å²) in [6.07, 6.45) is -0.693.